The highest BCUT2D eigenvalue weighted by Gasteiger charge is 2.29. The van der Waals surface area contributed by atoms with E-state index in [2.05, 4.69) is 41.1 Å². The number of ether oxygens (including phenoxy) is 1. The molecule has 0 bridgehead atoms. The summed E-state index contributed by atoms with van der Waals surface area (Å²) >= 11 is 0. The molecule has 1 amide bonds. The highest BCUT2D eigenvalue weighted by molar-refractivity contribution is 6.08. The maximum Gasteiger partial charge on any atom is 0.261 e. The lowest BCUT2D eigenvalue weighted by Gasteiger charge is -2.40. The fraction of sp³-hybridized carbons (Fsp3) is 0.409. The van der Waals surface area contributed by atoms with E-state index in [9.17, 15) is 4.79 Å². The van der Waals surface area contributed by atoms with Crippen LogP contribution in [0.5, 0.6) is 0 Å². The minimum absolute atomic E-state index is 0.210. The first-order chi connectivity index (χ1) is 14.0. The number of anilines is 2. The van der Waals surface area contributed by atoms with Gasteiger partial charge in [-0.05, 0) is 44.9 Å². The molecule has 29 heavy (non-hydrogen) atoms. The molecule has 1 N–H and O–H groups in total. The van der Waals surface area contributed by atoms with Crippen molar-refractivity contribution >= 4 is 23.1 Å². The van der Waals surface area contributed by atoms with Crippen LogP contribution >= 0.6 is 0 Å². The van der Waals surface area contributed by atoms with Crippen molar-refractivity contribution in [1.82, 2.24) is 14.6 Å². The molecule has 1 saturated heterocycles. The van der Waals surface area contributed by atoms with Gasteiger partial charge in [-0.3, -0.25) is 4.79 Å². The van der Waals surface area contributed by atoms with Crippen LogP contribution in [0.3, 0.4) is 0 Å². The molecule has 2 atom stereocenters. The summed E-state index contributed by atoms with van der Waals surface area (Å²) in [7, 11) is 0. The van der Waals surface area contributed by atoms with Crippen LogP contribution in [0.1, 0.15) is 42.4 Å². The molecule has 4 rings (SSSR count). The van der Waals surface area contributed by atoms with Crippen molar-refractivity contribution in [2.75, 3.05) is 23.4 Å². The lowest BCUT2D eigenvalue weighted by Crippen LogP contribution is -2.50. The molecule has 7 nitrogen and oxygen atoms in total. The largest absolute Gasteiger partial charge is 0.377 e. The molecule has 0 aliphatic carbocycles. The Labute approximate surface area is 170 Å². The fourth-order valence-electron chi connectivity index (χ4n) is 3.89. The molecule has 3 heterocycles. The summed E-state index contributed by atoms with van der Waals surface area (Å²) in [6, 6.07) is 10.3. The number of hydrogen-bond acceptors (Lipinski definition) is 5. The van der Waals surface area contributed by atoms with Gasteiger partial charge in [0.25, 0.3) is 5.91 Å². The first kappa shape index (κ1) is 19.4. The summed E-state index contributed by atoms with van der Waals surface area (Å²) in [6.45, 7) is 9.64. The van der Waals surface area contributed by atoms with Gasteiger partial charge in [0.1, 0.15) is 11.4 Å². The summed E-state index contributed by atoms with van der Waals surface area (Å²) in [5.74, 6) is 0.721. The maximum atomic E-state index is 12.9. The van der Waals surface area contributed by atoms with Gasteiger partial charge in [-0.25, -0.2) is 4.98 Å². The van der Waals surface area contributed by atoms with Crippen LogP contribution in [0.15, 0.2) is 36.5 Å². The quantitative estimate of drug-likeness (QED) is 0.735. The van der Waals surface area contributed by atoms with E-state index in [1.54, 1.807) is 10.7 Å². The van der Waals surface area contributed by atoms with E-state index in [1.807, 2.05) is 37.3 Å². The van der Waals surface area contributed by atoms with Crippen molar-refractivity contribution < 1.29 is 9.53 Å². The SMILES string of the molecule is CCc1ccc(NC(=O)c2cnn3c(N4C(C)COCC4C)cc(C)nc23)cc1. The number of carbonyl (C=O) groups excluding carboxylic acids is 1. The molecule has 0 spiro atoms. The number of benzene rings is 1. The van der Waals surface area contributed by atoms with Gasteiger partial charge < -0.3 is 15.0 Å². The normalized spacial score (nSPS) is 19.5. The van der Waals surface area contributed by atoms with Crippen LogP contribution in [-0.2, 0) is 11.2 Å². The summed E-state index contributed by atoms with van der Waals surface area (Å²) < 4.78 is 7.43. The molecular weight excluding hydrogens is 366 g/mol. The molecule has 1 aliphatic rings. The Morgan fingerprint density at radius 2 is 1.90 bits per heavy atom. The minimum Gasteiger partial charge on any atom is -0.377 e. The second-order valence-electron chi connectivity index (χ2n) is 7.70. The van der Waals surface area contributed by atoms with Crippen molar-refractivity contribution in [3.63, 3.8) is 0 Å². The number of nitrogens with zero attached hydrogens (tertiary/aromatic N) is 4. The smallest absolute Gasteiger partial charge is 0.261 e. The third-order valence-corrected chi connectivity index (χ3v) is 5.38. The third-order valence-electron chi connectivity index (χ3n) is 5.38. The Hall–Kier alpha value is -2.93. The van der Waals surface area contributed by atoms with Crippen LogP contribution in [0.4, 0.5) is 11.5 Å². The van der Waals surface area contributed by atoms with E-state index < -0.39 is 0 Å². The van der Waals surface area contributed by atoms with Crippen LogP contribution in [0.25, 0.3) is 5.65 Å². The van der Waals surface area contributed by atoms with E-state index >= 15 is 0 Å². The number of rotatable bonds is 4. The fourth-order valence-corrected chi connectivity index (χ4v) is 3.89. The molecule has 7 heteroatoms. The topological polar surface area (TPSA) is 71.8 Å². The Morgan fingerprint density at radius 1 is 1.21 bits per heavy atom. The van der Waals surface area contributed by atoms with E-state index in [0.717, 1.165) is 23.6 Å². The number of nitrogens with one attached hydrogen (secondary N) is 1. The zero-order valence-corrected chi connectivity index (χ0v) is 17.3. The Bertz CT molecular complexity index is 1020. The molecule has 152 valence electrons. The summed E-state index contributed by atoms with van der Waals surface area (Å²) in [5.41, 5.74) is 3.86. The molecule has 2 aromatic heterocycles. The maximum absolute atomic E-state index is 12.9. The molecule has 1 aliphatic heterocycles. The van der Waals surface area contributed by atoms with Gasteiger partial charge in [-0.1, -0.05) is 19.1 Å². The number of aromatic nitrogens is 3. The second kappa shape index (κ2) is 7.83. The number of aryl methyl sites for hydroxylation is 2. The van der Waals surface area contributed by atoms with Gasteiger partial charge in [-0.2, -0.15) is 9.61 Å². The van der Waals surface area contributed by atoms with Crippen molar-refractivity contribution in [2.24, 2.45) is 0 Å². The van der Waals surface area contributed by atoms with Gasteiger partial charge in [0, 0.05) is 17.4 Å². The van der Waals surface area contributed by atoms with Gasteiger partial charge in [0.2, 0.25) is 0 Å². The Morgan fingerprint density at radius 3 is 2.55 bits per heavy atom. The monoisotopic (exact) mass is 393 g/mol. The van der Waals surface area contributed by atoms with E-state index in [4.69, 9.17) is 4.74 Å². The van der Waals surface area contributed by atoms with Crippen LogP contribution in [0.2, 0.25) is 0 Å². The average molecular weight is 393 g/mol. The van der Waals surface area contributed by atoms with Crippen LogP contribution < -0.4 is 10.2 Å². The van der Waals surface area contributed by atoms with Gasteiger partial charge in [0.05, 0.1) is 31.5 Å². The number of fused-ring (bicyclic) bond motifs is 1. The number of morpholine rings is 1. The summed E-state index contributed by atoms with van der Waals surface area (Å²) in [4.78, 5) is 19.8. The highest BCUT2D eigenvalue weighted by Crippen LogP contribution is 2.26. The molecule has 0 radical (unpaired) electrons. The van der Waals surface area contributed by atoms with Crippen molar-refractivity contribution in [1.29, 1.82) is 0 Å². The predicted octanol–water partition coefficient (Wildman–Crippen LogP) is 3.47. The number of amides is 1. The van der Waals surface area contributed by atoms with E-state index in [-0.39, 0.29) is 18.0 Å². The lowest BCUT2D eigenvalue weighted by molar-refractivity contribution is 0.0749. The predicted molar refractivity (Wildman–Crippen MR) is 114 cm³/mol. The second-order valence-corrected chi connectivity index (χ2v) is 7.70. The highest BCUT2D eigenvalue weighted by atomic mass is 16.5. The number of hydrogen-bond donors (Lipinski definition) is 1. The van der Waals surface area contributed by atoms with Crippen LogP contribution in [-0.4, -0.2) is 45.8 Å². The van der Waals surface area contributed by atoms with Gasteiger partial charge in [0.15, 0.2) is 5.65 Å². The minimum atomic E-state index is -0.212. The molecule has 0 saturated carbocycles. The zero-order valence-electron chi connectivity index (χ0n) is 17.3. The number of carbonyl (C=O) groups is 1. The standard InChI is InChI=1S/C22H27N5O2/c1-5-17-6-8-18(9-7-17)25-22(28)19-11-23-27-20(10-14(2)24-21(19)27)26-15(3)12-29-13-16(26)4/h6-11,15-16H,5,12-13H2,1-4H3,(H,25,28). The molecular formula is C22H27N5O2. The van der Waals surface area contributed by atoms with E-state index in [0.29, 0.717) is 24.4 Å². The summed E-state index contributed by atoms with van der Waals surface area (Å²) in [5, 5.41) is 7.46. The zero-order chi connectivity index (χ0) is 20.5. The molecule has 1 fully saturated rings. The first-order valence-corrected chi connectivity index (χ1v) is 10.1. The average Bonchev–Trinajstić information content (AvgIpc) is 3.12. The summed E-state index contributed by atoms with van der Waals surface area (Å²) in [6.07, 6.45) is 2.56. The molecule has 2 unspecified atom stereocenters. The Kier molecular flexibility index (Phi) is 5.24. The van der Waals surface area contributed by atoms with Crippen molar-refractivity contribution in [3.8, 4) is 0 Å². The lowest BCUT2D eigenvalue weighted by atomic mass is 10.1. The molecule has 3 aromatic rings. The van der Waals surface area contributed by atoms with Crippen molar-refractivity contribution in [2.45, 2.75) is 46.2 Å². The molecule has 1 aromatic carbocycles. The van der Waals surface area contributed by atoms with Crippen molar-refractivity contribution in [3.05, 3.63) is 53.3 Å². The van der Waals surface area contributed by atoms with E-state index in [1.165, 1.54) is 5.56 Å². The van der Waals surface area contributed by atoms with Gasteiger partial charge >= 0.3 is 0 Å². The first-order valence-electron chi connectivity index (χ1n) is 10.1. The third kappa shape index (κ3) is 3.70. The van der Waals surface area contributed by atoms with Crippen LogP contribution in [0, 0.1) is 6.92 Å². The van der Waals surface area contributed by atoms with Gasteiger partial charge in [-0.15, -0.1) is 0 Å². The Balaban J connectivity index is 1.69.